The van der Waals surface area contributed by atoms with Gasteiger partial charge in [0.25, 0.3) is 5.92 Å². The summed E-state index contributed by atoms with van der Waals surface area (Å²) < 4.78 is 65.1. The Morgan fingerprint density at radius 3 is 2.69 bits per heavy atom. The lowest BCUT2D eigenvalue weighted by Crippen LogP contribution is -2.46. The summed E-state index contributed by atoms with van der Waals surface area (Å²) in [6.45, 7) is 6.94. The van der Waals surface area contributed by atoms with Crippen LogP contribution in [0.2, 0.25) is 0 Å². The highest BCUT2D eigenvalue weighted by atomic mass is 32.2. The van der Waals surface area contributed by atoms with Gasteiger partial charge >= 0.3 is 5.97 Å². The minimum Gasteiger partial charge on any atom is -0.496 e. The largest absolute Gasteiger partial charge is 0.496 e. The van der Waals surface area contributed by atoms with Crippen LogP contribution in [-0.4, -0.2) is 80.0 Å². The number of aromatic nitrogens is 2. The number of carbonyl (C=O) groups is 2. The topological polar surface area (TPSA) is 145 Å². The van der Waals surface area contributed by atoms with E-state index in [-0.39, 0.29) is 46.6 Å². The lowest BCUT2D eigenvalue weighted by atomic mass is 9.99. The number of methoxy groups -OCH3 is 1. The molecule has 2 aliphatic rings. The third kappa shape index (κ3) is 6.73. The van der Waals surface area contributed by atoms with E-state index in [9.17, 15) is 26.8 Å². The quantitative estimate of drug-likeness (QED) is 0.296. The maximum Gasteiger partial charge on any atom is 0.329 e. The molecule has 2 saturated heterocycles. The molecule has 2 fully saturated rings. The maximum atomic E-state index is 13.7. The van der Waals surface area contributed by atoms with Crippen LogP contribution in [0.25, 0.3) is 10.8 Å². The molecule has 0 radical (unpaired) electrons. The second-order valence-corrected chi connectivity index (χ2v) is 14.8. The summed E-state index contributed by atoms with van der Waals surface area (Å²) in [4.78, 5) is 37.9. The average molecular weight is 664 g/mol. The van der Waals surface area contributed by atoms with E-state index in [1.54, 1.807) is 32.2 Å². The van der Waals surface area contributed by atoms with Crippen LogP contribution in [-0.2, 0) is 30.6 Å². The number of benzene rings is 1. The number of amides is 1. The second kappa shape index (κ2) is 12.5. The Hall–Kier alpha value is -3.85. The fourth-order valence-electron chi connectivity index (χ4n) is 5.67. The van der Waals surface area contributed by atoms with Gasteiger partial charge in [0.15, 0.2) is 5.13 Å². The van der Waals surface area contributed by atoms with Crippen LogP contribution in [0.15, 0.2) is 46.3 Å². The lowest BCUT2D eigenvalue weighted by Gasteiger charge is -2.28. The van der Waals surface area contributed by atoms with Gasteiger partial charge in [0.05, 0.1) is 26.0 Å². The first-order valence-electron chi connectivity index (χ1n) is 14.4. The summed E-state index contributed by atoms with van der Waals surface area (Å²) in [5, 5.41) is 1.66. The van der Waals surface area contributed by atoms with Crippen molar-refractivity contribution in [1.82, 2.24) is 14.9 Å². The number of allylic oxidation sites excluding steroid dienone is 1. The molecule has 5 rings (SSSR count). The van der Waals surface area contributed by atoms with Crippen molar-refractivity contribution in [2.75, 3.05) is 37.4 Å². The van der Waals surface area contributed by atoms with Crippen molar-refractivity contribution in [3.8, 4) is 5.75 Å². The molecule has 3 aromatic rings. The number of nitrogen functional groups attached to an aromatic ring is 1. The van der Waals surface area contributed by atoms with Crippen molar-refractivity contribution in [2.45, 2.75) is 61.8 Å². The maximum absolute atomic E-state index is 13.7. The first kappa shape index (κ1) is 32.5. The number of fused-ring (bicyclic) bond motifs is 1. The van der Waals surface area contributed by atoms with Crippen molar-refractivity contribution in [1.29, 1.82) is 0 Å². The number of rotatable bonds is 11. The van der Waals surface area contributed by atoms with Gasteiger partial charge in [-0.3, -0.25) is 4.79 Å². The molecule has 0 aliphatic carbocycles. The molecule has 2 aromatic heterocycles. The van der Waals surface area contributed by atoms with Gasteiger partial charge in [-0.2, -0.15) is 0 Å². The van der Waals surface area contributed by atoms with Gasteiger partial charge in [-0.05, 0) is 55.8 Å². The summed E-state index contributed by atoms with van der Waals surface area (Å²) >= 11 is 0.799. The number of esters is 1. The lowest BCUT2D eigenvalue weighted by molar-refractivity contribution is -0.157. The van der Waals surface area contributed by atoms with Crippen molar-refractivity contribution in [2.24, 2.45) is 5.92 Å². The van der Waals surface area contributed by atoms with E-state index < -0.39 is 52.2 Å². The Morgan fingerprint density at radius 2 is 2.02 bits per heavy atom. The molecule has 2 N–H and O–H groups in total. The first-order chi connectivity index (χ1) is 21.2. The number of sulfone groups is 1. The van der Waals surface area contributed by atoms with Crippen LogP contribution in [0, 0.1) is 5.92 Å². The summed E-state index contributed by atoms with van der Waals surface area (Å²) in [6.07, 6.45) is 2.18. The number of nitrogens with zero attached hydrogens (tertiary/aromatic N) is 4. The monoisotopic (exact) mass is 663 g/mol. The predicted octanol–water partition coefficient (Wildman–Crippen LogP) is 4.22. The number of hydrogen-bond acceptors (Lipinski definition) is 11. The van der Waals surface area contributed by atoms with E-state index in [0.29, 0.717) is 28.9 Å². The Bertz CT molecular complexity index is 1750. The van der Waals surface area contributed by atoms with Crippen molar-refractivity contribution in [3.05, 3.63) is 47.6 Å². The fraction of sp³-hybridized carbons (Fsp3) is 0.467. The molecule has 15 heteroatoms. The van der Waals surface area contributed by atoms with E-state index in [2.05, 4.69) is 16.5 Å². The van der Waals surface area contributed by atoms with E-state index in [0.717, 1.165) is 22.9 Å². The van der Waals surface area contributed by atoms with Gasteiger partial charge in [-0.25, -0.2) is 32.0 Å². The number of nitrogens with two attached hydrogens (primary N) is 1. The van der Waals surface area contributed by atoms with Crippen LogP contribution >= 0.6 is 11.3 Å². The molecule has 1 amide bonds. The van der Waals surface area contributed by atoms with E-state index in [4.69, 9.17) is 15.2 Å². The van der Waals surface area contributed by atoms with E-state index >= 15 is 0 Å². The van der Waals surface area contributed by atoms with Gasteiger partial charge in [0.2, 0.25) is 15.7 Å². The number of alkyl halides is 2. The van der Waals surface area contributed by atoms with Gasteiger partial charge in [0, 0.05) is 48.3 Å². The molecular weight excluding hydrogens is 628 g/mol. The molecule has 4 heterocycles. The van der Waals surface area contributed by atoms with Gasteiger partial charge < -0.3 is 25.0 Å². The smallest absolute Gasteiger partial charge is 0.329 e. The summed E-state index contributed by atoms with van der Waals surface area (Å²) in [5.41, 5.74) is 6.69. The third-order valence-corrected chi connectivity index (χ3v) is 11.3. The summed E-state index contributed by atoms with van der Waals surface area (Å²) in [7, 11) is -2.59. The van der Waals surface area contributed by atoms with Crippen LogP contribution in [0.5, 0.6) is 5.75 Å². The molecule has 45 heavy (non-hydrogen) atoms. The number of ether oxygens (including phenoxy) is 2. The molecule has 0 saturated carbocycles. The molecule has 1 unspecified atom stereocenters. The number of halogens is 2. The number of pyridine rings is 1. The minimum atomic E-state index is -4.09. The minimum absolute atomic E-state index is 0.0735. The fourth-order valence-corrected chi connectivity index (χ4v) is 8.26. The molecule has 242 valence electrons. The SMILES string of the molecule is C=C(CC1CCN([C@H](Cc2cc3ccnc(N)c3cc2OC)C(=O)OC(C)C)C1=O)S(=O)(=O)c1cnc(N2CCC(F)(F)C2)s1. The molecule has 1 aromatic carbocycles. The van der Waals surface area contributed by atoms with Gasteiger partial charge in [-0.1, -0.05) is 17.9 Å². The Morgan fingerprint density at radius 1 is 1.27 bits per heavy atom. The molecule has 0 bridgehead atoms. The zero-order valence-corrected chi connectivity index (χ0v) is 26.8. The number of likely N-dealkylation sites (tertiary alicyclic amines) is 1. The highest BCUT2D eigenvalue weighted by Crippen LogP contribution is 2.38. The predicted molar refractivity (Wildman–Crippen MR) is 166 cm³/mol. The molecule has 11 nitrogen and oxygen atoms in total. The number of thiazole rings is 1. The second-order valence-electron chi connectivity index (χ2n) is 11.5. The highest BCUT2D eigenvalue weighted by Gasteiger charge is 2.42. The Kier molecular flexibility index (Phi) is 9.04. The highest BCUT2D eigenvalue weighted by molar-refractivity contribution is 7.97. The van der Waals surface area contributed by atoms with Gasteiger partial charge in [-0.15, -0.1) is 0 Å². The number of carbonyl (C=O) groups excluding carboxylic acids is 2. The number of anilines is 2. The molecule has 2 aliphatic heterocycles. The van der Waals surface area contributed by atoms with Crippen molar-refractivity contribution < 1.29 is 36.3 Å². The summed E-state index contributed by atoms with van der Waals surface area (Å²) in [6, 6.07) is 4.36. The van der Waals surface area contributed by atoms with Crippen LogP contribution in [0.4, 0.5) is 19.7 Å². The van der Waals surface area contributed by atoms with Crippen molar-refractivity contribution >= 4 is 54.8 Å². The molecule has 2 atom stereocenters. The van der Waals surface area contributed by atoms with Gasteiger partial charge in [0.1, 0.15) is 21.8 Å². The Balaban J connectivity index is 1.34. The summed E-state index contributed by atoms with van der Waals surface area (Å²) in [5.74, 6) is -3.79. The normalized spacial score (nSPS) is 19.0. The zero-order chi connectivity index (χ0) is 32.7. The van der Waals surface area contributed by atoms with E-state index in [1.165, 1.54) is 16.9 Å². The van der Waals surface area contributed by atoms with Crippen LogP contribution in [0.1, 0.15) is 38.7 Å². The molecule has 0 spiro atoms. The zero-order valence-electron chi connectivity index (χ0n) is 25.2. The van der Waals surface area contributed by atoms with Crippen LogP contribution < -0.4 is 15.4 Å². The first-order valence-corrected chi connectivity index (χ1v) is 16.7. The van der Waals surface area contributed by atoms with Crippen LogP contribution in [0.3, 0.4) is 0 Å². The van der Waals surface area contributed by atoms with E-state index in [1.807, 2.05) is 6.07 Å². The third-order valence-electron chi connectivity index (χ3n) is 7.99. The van der Waals surface area contributed by atoms with Crippen molar-refractivity contribution in [3.63, 3.8) is 0 Å². The standard InChI is InChI=1S/C30H35F2N5O6S2/c1-17(2)43-28(39)23(13-21-12-19-5-8-34-26(33)22(19)14-24(21)42-4)37-9-6-20(27(37)38)11-18(3)45(40,41)25-15-35-29(44-25)36-10-7-30(31,32)16-36/h5,8,12,14-15,17,20,23H,3,6-7,9-11,13,16H2,1-2,4H3,(H2,33,34)/t20?,23-/m1/s1. The molecular formula is C30H35F2N5O6S2. The Labute approximate surface area is 263 Å². The number of hydrogen-bond donors (Lipinski definition) is 1. The average Bonchev–Trinajstić information content (AvgIpc) is 3.70.